The number of nitrogens with two attached hydrogens (primary N) is 1. The topological polar surface area (TPSA) is 68.9 Å². The minimum Gasteiger partial charge on any atom is -0.490 e. The smallest absolute Gasteiger partial charge is 0.184 e. The van der Waals surface area contributed by atoms with Crippen LogP contribution < -0.4 is 20.6 Å². The van der Waals surface area contributed by atoms with E-state index in [2.05, 4.69) is 45.3 Å². The van der Waals surface area contributed by atoms with E-state index in [9.17, 15) is 0 Å². The number of ether oxygens (including phenoxy) is 2. The van der Waals surface area contributed by atoms with E-state index < -0.39 is 0 Å². The number of rotatable bonds is 7. The summed E-state index contributed by atoms with van der Waals surface area (Å²) in [5.74, 6) is 1.27. The Morgan fingerprint density at radius 2 is 2.20 bits per heavy atom. The Kier molecular flexibility index (Phi) is 7.03. The second kappa shape index (κ2) is 8.55. The summed E-state index contributed by atoms with van der Waals surface area (Å²) < 4.78 is 11.9. The second-order valence-corrected chi connectivity index (χ2v) is 4.88. The van der Waals surface area contributed by atoms with Gasteiger partial charge in [0.15, 0.2) is 16.6 Å². The molecule has 3 N–H and O–H groups in total. The molecule has 5 nitrogen and oxygen atoms in total. The third kappa shape index (κ3) is 5.18. The molecule has 0 fully saturated rings. The molecule has 0 saturated carbocycles. The number of hydrazone groups is 1. The van der Waals surface area contributed by atoms with Gasteiger partial charge in [-0.1, -0.05) is 12.7 Å². The van der Waals surface area contributed by atoms with Crippen LogP contribution >= 0.6 is 28.1 Å². The van der Waals surface area contributed by atoms with Crippen LogP contribution in [0.2, 0.25) is 0 Å². The van der Waals surface area contributed by atoms with Crippen LogP contribution in [0, 0.1) is 0 Å². The zero-order valence-electron chi connectivity index (χ0n) is 11.1. The first kappa shape index (κ1) is 16.5. The van der Waals surface area contributed by atoms with Crippen LogP contribution in [-0.2, 0) is 0 Å². The molecule has 0 atom stereocenters. The molecule has 0 unspecified atom stereocenters. The Bertz CT molecular complexity index is 521. The minimum absolute atomic E-state index is 0.105. The zero-order chi connectivity index (χ0) is 15.0. The second-order valence-electron chi connectivity index (χ2n) is 3.59. The number of thiocarbonyl (C=S) groups is 1. The molecule has 0 heterocycles. The standard InChI is InChI=1S/C13H16BrN3O2S/c1-3-5-19-12-7-10(14)9(6-11(12)18-4-2)8-16-17-13(15)20/h3,6-8H,1,4-5H2,2H3,(H3,15,17,20). The van der Waals surface area contributed by atoms with E-state index in [4.69, 9.17) is 15.2 Å². The summed E-state index contributed by atoms with van der Waals surface area (Å²) in [6.07, 6.45) is 3.26. The van der Waals surface area contributed by atoms with Crippen molar-refractivity contribution in [1.82, 2.24) is 5.43 Å². The van der Waals surface area contributed by atoms with Gasteiger partial charge in [0.1, 0.15) is 6.61 Å². The molecular formula is C13H16BrN3O2S. The molecule has 0 amide bonds. The summed E-state index contributed by atoms with van der Waals surface area (Å²) in [4.78, 5) is 0. The molecule has 1 aromatic rings. The number of nitrogens with zero attached hydrogens (tertiary/aromatic N) is 1. The van der Waals surface area contributed by atoms with Gasteiger partial charge in [-0.05, 0) is 47.2 Å². The average Bonchev–Trinajstić information content (AvgIpc) is 2.40. The fraction of sp³-hybridized carbons (Fsp3) is 0.231. The Morgan fingerprint density at radius 1 is 1.50 bits per heavy atom. The number of halogens is 1. The predicted octanol–water partition coefficient (Wildman–Crippen LogP) is 2.58. The van der Waals surface area contributed by atoms with Crippen molar-refractivity contribution in [2.75, 3.05) is 13.2 Å². The Labute approximate surface area is 132 Å². The predicted molar refractivity (Wildman–Crippen MR) is 88.5 cm³/mol. The van der Waals surface area contributed by atoms with Crippen LogP contribution in [0.15, 0.2) is 34.4 Å². The summed E-state index contributed by atoms with van der Waals surface area (Å²) in [6.45, 7) is 6.46. The Hall–Kier alpha value is -1.60. The van der Waals surface area contributed by atoms with Gasteiger partial charge in [0.2, 0.25) is 0 Å². The lowest BCUT2D eigenvalue weighted by Crippen LogP contribution is -2.24. The van der Waals surface area contributed by atoms with Crippen LogP contribution in [0.5, 0.6) is 11.5 Å². The zero-order valence-corrected chi connectivity index (χ0v) is 13.5. The van der Waals surface area contributed by atoms with Crippen molar-refractivity contribution in [2.24, 2.45) is 10.8 Å². The quantitative estimate of drug-likeness (QED) is 0.339. The fourth-order valence-corrected chi connectivity index (χ4v) is 1.82. The number of hydrogen-bond acceptors (Lipinski definition) is 4. The van der Waals surface area contributed by atoms with E-state index in [1.165, 1.54) is 0 Å². The molecule has 0 spiro atoms. The summed E-state index contributed by atoms with van der Waals surface area (Å²) in [7, 11) is 0. The highest BCUT2D eigenvalue weighted by Crippen LogP contribution is 2.33. The van der Waals surface area contributed by atoms with Gasteiger partial charge in [0.05, 0.1) is 12.8 Å². The van der Waals surface area contributed by atoms with Gasteiger partial charge >= 0.3 is 0 Å². The maximum absolute atomic E-state index is 5.54. The lowest BCUT2D eigenvalue weighted by molar-refractivity contribution is 0.296. The van der Waals surface area contributed by atoms with Gasteiger partial charge in [-0.3, -0.25) is 5.43 Å². The highest BCUT2D eigenvalue weighted by molar-refractivity contribution is 9.10. The first-order chi connectivity index (χ1) is 9.58. The monoisotopic (exact) mass is 357 g/mol. The molecule has 0 aliphatic rings. The molecule has 0 aliphatic carbocycles. The van der Waals surface area contributed by atoms with Crippen molar-refractivity contribution in [1.29, 1.82) is 0 Å². The van der Waals surface area contributed by atoms with Crippen molar-refractivity contribution >= 4 is 39.5 Å². The maximum atomic E-state index is 5.54. The van der Waals surface area contributed by atoms with Crippen molar-refractivity contribution in [3.8, 4) is 11.5 Å². The first-order valence-electron chi connectivity index (χ1n) is 5.87. The molecule has 0 saturated heterocycles. The van der Waals surface area contributed by atoms with Gasteiger partial charge in [-0.25, -0.2) is 0 Å². The van der Waals surface area contributed by atoms with Crippen LogP contribution in [0.1, 0.15) is 12.5 Å². The van der Waals surface area contributed by atoms with E-state index in [-0.39, 0.29) is 5.11 Å². The van der Waals surface area contributed by atoms with E-state index in [0.717, 1.165) is 10.0 Å². The first-order valence-corrected chi connectivity index (χ1v) is 7.07. The summed E-state index contributed by atoms with van der Waals surface area (Å²) in [6, 6.07) is 3.63. The fourth-order valence-electron chi connectivity index (χ4n) is 1.35. The SMILES string of the molecule is C=CCOc1cc(Br)c(C=NNC(N)=S)cc1OCC. The molecule has 108 valence electrons. The van der Waals surface area contributed by atoms with Crippen molar-refractivity contribution in [2.45, 2.75) is 6.92 Å². The molecule has 1 aromatic carbocycles. The molecule has 0 aliphatic heterocycles. The van der Waals surface area contributed by atoms with Crippen molar-refractivity contribution in [3.63, 3.8) is 0 Å². The van der Waals surface area contributed by atoms with Crippen LogP contribution in [0.4, 0.5) is 0 Å². The molecule has 7 heteroatoms. The minimum atomic E-state index is 0.105. The van der Waals surface area contributed by atoms with E-state index in [1.54, 1.807) is 12.3 Å². The number of hydrogen-bond donors (Lipinski definition) is 2. The highest BCUT2D eigenvalue weighted by atomic mass is 79.9. The normalized spacial score (nSPS) is 10.3. The maximum Gasteiger partial charge on any atom is 0.184 e. The molecule has 0 aromatic heterocycles. The highest BCUT2D eigenvalue weighted by Gasteiger charge is 2.09. The molecule has 1 rings (SSSR count). The molecule has 0 bridgehead atoms. The van der Waals surface area contributed by atoms with Crippen LogP contribution in [0.3, 0.4) is 0 Å². The van der Waals surface area contributed by atoms with Gasteiger partial charge in [-0.2, -0.15) is 5.10 Å². The molecular weight excluding hydrogens is 342 g/mol. The van der Waals surface area contributed by atoms with Crippen molar-refractivity contribution < 1.29 is 9.47 Å². The largest absolute Gasteiger partial charge is 0.490 e. The molecule has 20 heavy (non-hydrogen) atoms. The summed E-state index contributed by atoms with van der Waals surface area (Å²) in [5, 5.41) is 4.02. The van der Waals surface area contributed by atoms with Crippen molar-refractivity contribution in [3.05, 3.63) is 34.8 Å². The lowest BCUT2D eigenvalue weighted by atomic mass is 10.2. The van der Waals surface area contributed by atoms with Gasteiger partial charge in [0.25, 0.3) is 0 Å². The summed E-state index contributed by atoms with van der Waals surface area (Å²) >= 11 is 8.11. The van der Waals surface area contributed by atoms with Gasteiger partial charge in [0, 0.05) is 10.0 Å². The third-order valence-corrected chi connectivity index (χ3v) is 2.88. The number of benzene rings is 1. The van der Waals surface area contributed by atoms with E-state index >= 15 is 0 Å². The van der Waals surface area contributed by atoms with E-state index in [1.807, 2.05) is 19.1 Å². The van der Waals surface area contributed by atoms with Gasteiger partial charge in [-0.15, -0.1) is 0 Å². The lowest BCUT2D eigenvalue weighted by Gasteiger charge is -2.12. The van der Waals surface area contributed by atoms with Crippen LogP contribution in [0.25, 0.3) is 0 Å². The molecule has 0 radical (unpaired) electrons. The third-order valence-electron chi connectivity index (χ3n) is 2.10. The summed E-state index contributed by atoms with van der Waals surface area (Å²) in [5.41, 5.74) is 8.59. The van der Waals surface area contributed by atoms with E-state index in [0.29, 0.717) is 24.7 Å². The average molecular weight is 358 g/mol. The van der Waals surface area contributed by atoms with Gasteiger partial charge < -0.3 is 15.2 Å². The Balaban J connectivity index is 3.01. The Morgan fingerprint density at radius 3 is 2.80 bits per heavy atom. The number of nitrogens with one attached hydrogen (secondary N) is 1. The van der Waals surface area contributed by atoms with Crippen LogP contribution in [-0.4, -0.2) is 24.5 Å².